The number of carbonyl (C=O) groups excluding carboxylic acids is 2. The highest BCUT2D eigenvalue weighted by Crippen LogP contribution is 2.22. The maximum absolute atomic E-state index is 12.4. The molecular weight excluding hydrogens is 338 g/mol. The molecule has 0 fully saturated rings. The average Bonchev–Trinajstić information content (AvgIpc) is 2.64. The molecule has 0 aliphatic rings. The van der Waals surface area contributed by atoms with Crippen molar-refractivity contribution in [3.8, 4) is 0 Å². The Hall–Kier alpha value is -3.18. The first-order valence-electron chi connectivity index (χ1n) is 7.51. The molecule has 6 heteroatoms. The largest absolute Gasteiger partial charge is 0.320 e. The van der Waals surface area contributed by atoms with Crippen molar-refractivity contribution in [2.75, 3.05) is 10.6 Å². The summed E-state index contributed by atoms with van der Waals surface area (Å²) in [5.74, 6) is -0.571. The van der Waals surface area contributed by atoms with Gasteiger partial charge in [0.2, 0.25) is 0 Å². The van der Waals surface area contributed by atoms with Gasteiger partial charge in [-0.2, -0.15) is 0 Å². The molecule has 0 atom stereocenters. The van der Waals surface area contributed by atoms with E-state index in [0.717, 1.165) is 0 Å². The van der Waals surface area contributed by atoms with Gasteiger partial charge in [-0.25, -0.2) is 0 Å². The molecule has 0 saturated heterocycles. The molecule has 2 aromatic carbocycles. The zero-order valence-corrected chi connectivity index (χ0v) is 13.8. The number of nitrogens with one attached hydrogen (secondary N) is 2. The van der Waals surface area contributed by atoms with Crippen molar-refractivity contribution in [2.24, 2.45) is 0 Å². The molecular formula is C19H14ClN3O2. The third-order valence-electron chi connectivity index (χ3n) is 3.47. The van der Waals surface area contributed by atoms with Crippen LogP contribution in [-0.2, 0) is 0 Å². The van der Waals surface area contributed by atoms with Crippen LogP contribution in [0.2, 0.25) is 5.02 Å². The second-order valence-corrected chi connectivity index (χ2v) is 5.63. The number of benzene rings is 2. The molecule has 2 N–H and O–H groups in total. The van der Waals surface area contributed by atoms with Crippen molar-refractivity contribution in [3.05, 3.63) is 89.2 Å². The van der Waals surface area contributed by atoms with Crippen LogP contribution in [0.5, 0.6) is 0 Å². The van der Waals surface area contributed by atoms with Gasteiger partial charge in [-0.15, -0.1) is 0 Å². The molecule has 0 bridgehead atoms. The van der Waals surface area contributed by atoms with Crippen molar-refractivity contribution >= 4 is 34.8 Å². The first-order valence-corrected chi connectivity index (χ1v) is 7.88. The van der Waals surface area contributed by atoms with Crippen molar-refractivity contribution in [2.45, 2.75) is 0 Å². The third-order valence-corrected chi connectivity index (χ3v) is 3.72. The number of halogens is 1. The first kappa shape index (κ1) is 16.7. The zero-order chi connectivity index (χ0) is 17.6. The quantitative estimate of drug-likeness (QED) is 0.738. The molecule has 0 spiro atoms. The molecule has 0 aliphatic carbocycles. The van der Waals surface area contributed by atoms with E-state index in [9.17, 15) is 9.59 Å². The highest BCUT2D eigenvalue weighted by Gasteiger charge is 2.12. The van der Waals surface area contributed by atoms with Gasteiger partial charge in [0.05, 0.1) is 11.4 Å². The number of amides is 2. The van der Waals surface area contributed by atoms with Gasteiger partial charge < -0.3 is 10.6 Å². The van der Waals surface area contributed by atoms with E-state index in [1.165, 1.54) is 0 Å². The lowest BCUT2D eigenvalue weighted by molar-refractivity contribution is 0.101. The predicted octanol–water partition coefficient (Wildman–Crippen LogP) is 4.24. The minimum absolute atomic E-state index is 0.282. The standard InChI is InChI=1S/C19H14ClN3O2/c20-15-7-5-13(6-8-15)18(24)22-16-3-1-2-4-17(16)23-19(25)14-9-11-21-12-10-14/h1-12H,(H,22,24)(H,23,25). The summed E-state index contributed by atoms with van der Waals surface area (Å²) in [6, 6.07) is 16.8. The van der Waals surface area contributed by atoms with Gasteiger partial charge in [-0.1, -0.05) is 23.7 Å². The molecule has 3 rings (SSSR count). The van der Waals surface area contributed by atoms with Crippen molar-refractivity contribution in [1.82, 2.24) is 4.98 Å². The fraction of sp³-hybridized carbons (Fsp3) is 0. The Morgan fingerprint density at radius 1 is 0.720 bits per heavy atom. The van der Waals surface area contributed by atoms with Gasteiger partial charge in [0.25, 0.3) is 11.8 Å². The summed E-state index contributed by atoms with van der Waals surface area (Å²) in [5, 5.41) is 6.14. The number of rotatable bonds is 4. The van der Waals surface area contributed by atoms with Crippen LogP contribution in [0, 0.1) is 0 Å². The van der Waals surface area contributed by atoms with Crippen LogP contribution in [0.3, 0.4) is 0 Å². The van der Waals surface area contributed by atoms with E-state index in [-0.39, 0.29) is 11.8 Å². The number of nitrogens with zero attached hydrogens (tertiary/aromatic N) is 1. The number of hydrogen-bond acceptors (Lipinski definition) is 3. The molecule has 0 saturated carbocycles. The maximum Gasteiger partial charge on any atom is 0.255 e. The predicted molar refractivity (Wildman–Crippen MR) is 98.0 cm³/mol. The highest BCUT2D eigenvalue weighted by molar-refractivity contribution is 6.30. The van der Waals surface area contributed by atoms with E-state index in [4.69, 9.17) is 11.6 Å². The minimum atomic E-state index is -0.290. The Morgan fingerprint density at radius 3 is 1.72 bits per heavy atom. The summed E-state index contributed by atoms with van der Waals surface area (Å²) in [6.07, 6.45) is 3.09. The van der Waals surface area contributed by atoms with Crippen molar-refractivity contribution in [1.29, 1.82) is 0 Å². The first-order chi connectivity index (χ1) is 12.1. The summed E-state index contributed by atoms with van der Waals surface area (Å²) in [6.45, 7) is 0. The van der Waals surface area contributed by atoms with Gasteiger partial charge in [-0.3, -0.25) is 14.6 Å². The monoisotopic (exact) mass is 351 g/mol. The van der Waals surface area contributed by atoms with Gasteiger partial charge in [0.1, 0.15) is 0 Å². The molecule has 0 radical (unpaired) electrons. The summed E-state index contributed by atoms with van der Waals surface area (Å²) in [7, 11) is 0. The Bertz CT molecular complexity index is 896. The SMILES string of the molecule is O=C(Nc1ccccc1NC(=O)c1ccc(Cl)cc1)c1ccncc1. The normalized spacial score (nSPS) is 10.1. The Morgan fingerprint density at radius 2 is 1.20 bits per heavy atom. The Kier molecular flexibility index (Phi) is 5.06. The molecule has 1 heterocycles. The fourth-order valence-electron chi connectivity index (χ4n) is 2.19. The van der Waals surface area contributed by atoms with E-state index >= 15 is 0 Å². The average molecular weight is 352 g/mol. The van der Waals surface area contributed by atoms with E-state index in [2.05, 4.69) is 15.6 Å². The second kappa shape index (κ2) is 7.59. The van der Waals surface area contributed by atoms with E-state index in [0.29, 0.717) is 27.5 Å². The molecule has 5 nitrogen and oxygen atoms in total. The van der Waals surface area contributed by atoms with Gasteiger partial charge in [0.15, 0.2) is 0 Å². The van der Waals surface area contributed by atoms with Crippen LogP contribution in [0.15, 0.2) is 73.1 Å². The fourth-order valence-corrected chi connectivity index (χ4v) is 2.32. The topological polar surface area (TPSA) is 71.1 Å². The molecule has 0 unspecified atom stereocenters. The molecule has 3 aromatic rings. The van der Waals surface area contributed by atoms with Gasteiger partial charge in [-0.05, 0) is 48.5 Å². The zero-order valence-electron chi connectivity index (χ0n) is 13.1. The molecule has 25 heavy (non-hydrogen) atoms. The van der Waals surface area contributed by atoms with E-state index < -0.39 is 0 Å². The van der Waals surface area contributed by atoms with Crippen LogP contribution >= 0.6 is 11.6 Å². The summed E-state index contributed by atoms with van der Waals surface area (Å²) < 4.78 is 0. The number of para-hydroxylation sites is 2. The lowest BCUT2D eigenvalue weighted by atomic mass is 10.2. The number of pyridine rings is 1. The Labute approximate surface area is 149 Å². The van der Waals surface area contributed by atoms with Crippen LogP contribution in [0.1, 0.15) is 20.7 Å². The minimum Gasteiger partial charge on any atom is -0.320 e. The smallest absolute Gasteiger partial charge is 0.255 e. The molecule has 1 aromatic heterocycles. The lowest BCUT2D eigenvalue weighted by Gasteiger charge is -2.12. The number of hydrogen-bond donors (Lipinski definition) is 2. The number of carbonyl (C=O) groups is 2. The van der Waals surface area contributed by atoms with E-state index in [1.54, 1.807) is 73.1 Å². The van der Waals surface area contributed by atoms with E-state index in [1.807, 2.05) is 0 Å². The number of aromatic nitrogens is 1. The van der Waals surface area contributed by atoms with Gasteiger partial charge in [0, 0.05) is 28.5 Å². The van der Waals surface area contributed by atoms with Crippen molar-refractivity contribution in [3.63, 3.8) is 0 Å². The molecule has 124 valence electrons. The molecule has 2 amide bonds. The van der Waals surface area contributed by atoms with Crippen LogP contribution in [0.25, 0.3) is 0 Å². The highest BCUT2D eigenvalue weighted by atomic mass is 35.5. The summed E-state index contributed by atoms with van der Waals surface area (Å²) in [4.78, 5) is 28.5. The molecule has 0 aliphatic heterocycles. The van der Waals surface area contributed by atoms with Crippen molar-refractivity contribution < 1.29 is 9.59 Å². The summed E-state index contributed by atoms with van der Waals surface area (Å²) in [5.41, 5.74) is 1.96. The summed E-state index contributed by atoms with van der Waals surface area (Å²) >= 11 is 5.83. The maximum atomic E-state index is 12.4. The van der Waals surface area contributed by atoms with Crippen LogP contribution < -0.4 is 10.6 Å². The van der Waals surface area contributed by atoms with Gasteiger partial charge >= 0.3 is 0 Å². The van der Waals surface area contributed by atoms with Crippen LogP contribution in [-0.4, -0.2) is 16.8 Å². The lowest BCUT2D eigenvalue weighted by Crippen LogP contribution is -2.16. The number of anilines is 2. The second-order valence-electron chi connectivity index (χ2n) is 5.20. The Balaban J connectivity index is 1.78. The third kappa shape index (κ3) is 4.22. The van der Waals surface area contributed by atoms with Crippen LogP contribution in [0.4, 0.5) is 11.4 Å².